The maximum absolute atomic E-state index is 12.2. The van der Waals surface area contributed by atoms with E-state index in [-0.39, 0.29) is 16.6 Å². The highest BCUT2D eigenvalue weighted by Crippen LogP contribution is 2.42. The number of hydrogen-bond acceptors (Lipinski definition) is 3. The van der Waals surface area contributed by atoms with Crippen molar-refractivity contribution in [2.75, 3.05) is 0 Å². The zero-order valence-electron chi connectivity index (χ0n) is 9.76. The summed E-state index contributed by atoms with van der Waals surface area (Å²) < 4.78 is 17.2. The number of rotatable bonds is 4. The summed E-state index contributed by atoms with van der Waals surface area (Å²) in [5, 5.41) is 8.78. The highest BCUT2D eigenvalue weighted by Gasteiger charge is 2.29. The summed E-state index contributed by atoms with van der Waals surface area (Å²) in [4.78, 5) is 21.0. The SMILES string of the molecule is O=C(O)c1ccccc1P(=O)(O)Oc1ccccc1. The second-order valence-electron chi connectivity index (χ2n) is 3.75. The average Bonchev–Trinajstić information content (AvgIpc) is 2.39. The minimum Gasteiger partial charge on any atom is -0.478 e. The fourth-order valence-corrected chi connectivity index (χ4v) is 2.83. The van der Waals surface area contributed by atoms with Crippen molar-refractivity contribution in [2.45, 2.75) is 0 Å². The van der Waals surface area contributed by atoms with Crippen LogP contribution < -0.4 is 9.83 Å². The molecule has 2 N–H and O–H groups in total. The Kier molecular flexibility index (Phi) is 3.69. The molecule has 0 saturated heterocycles. The van der Waals surface area contributed by atoms with Gasteiger partial charge in [-0.25, -0.2) is 9.36 Å². The predicted octanol–water partition coefficient (Wildman–Crippen LogP) is 2.27. The molecule has 98 valence electrons. The number of para-hydroxylation sites is 1. The molecular formula is C13H11O5P. The summed E-state index contributed by atoms with van der Waals surface area (Å²) in [6.07, 6.45) is 0. The van der Waals surface area contributed by atoms with Crippen LogP contribution in [0.3, 0.4) is 0 Å². The van der Waals surface area contributed by atoms with E-state index in [2.05, 4.69) is 0 Å². The quantitative estimate of drug-likeness (QED) is 0.838. The van der Waals surface area contributed by atoms with Gasteiger partial charge in [-0.15, -0.1) is 0 Å². The average molecular weight is 278 g/mol. The first-order valence-corrected chi connectivity index (χ1v) is 6.99. The molecular weight excluding hydrogens is 267 g/mol. The Balaban J connectivity index is 2.40. The number of hydrogen-bond donors (Lipinski definition) is 2. The van der Waals surface area contributed by atoms with Crippen molar-refractivity contribution in [3.8, 4) is 5.75 Å². The highest BCUT2D eigenvalue weighted by molar-refractivity contribution is 7.61. The molecule has 0 aromatic heterocycles. The van der Waals surface area contributed by atoms with Crippen molar-refractivity contribution in [1.82, 2.24) is 0 Å². The summed E-state index contributed by atoms with van der Waals surface area (Å²) >= 11 is 0. The third-order valence-corrected chi connectivity index (χ3v) is 3.87. The number of aromatic carboxylic acids is 1. The molecule has 1 unspecified atom stereocenters. The lowest BCUT2D eigenvalue weighted by Crippen LogP contribution is -2.18. The summed E-state index contributed by atoms with van der Waals surface area (Å²) in [5.41, 5.74) is -0.246. The predicted molar refractivity (Wildman–Crippen MR) is 69.9 cm³/mol. The molecule has 0 saturated carbocycles. The Bertz CT molecular complexity index is 638. The molecule has 2 aromatic rings. The topological polar surface area (TPSA) is 83.8 Å². The lowest BCUT2D eigenvalue weighted by atomic mass is 10.2. The first-order valence-electron chi connectivity index (χ1n) is 5.41. The molecule has 5 nitrogen and oxygen atoms in total. The van der Waals surface area contributed by atoms with Gasteiger partial charge >= 0.3 is 13.6 Å². The smallest absolute Gasteiger partial charge is 0.409 e. The van der Waals surface area contributed by atoms with Crippen LogP contribution in [-0.2, 0) is 4.57 Å². The molecule has 0 aliphatic heterocycles. The summed E-state index contributed by atoms with van der Waals surface area (Å²) in [6, 6.07) is 13.6. The molecule has 0 fully saturated rings. The first-order chi connectivity index (χ1) is 9.00. The van der Waals surface area contributed by atoms with Crippen LogP contribution >= 0.6 is 7.60 Å². The van der Waals surface area contributed by atoms with Crippen molar-refractivity contribution in [3.05, 3.63) is 60.2 Å². The van der Waals surface area contributed by atoms with E-state index in [1.807, 2.05) is 0 Å². The maximum atomic E-state index is 12.2. The molecule has 0 bridgehead atoms. The van der Waals surface area contributed by atoms with Gasteiger partial charge in [0.15, 0.2) is 0 Å². The molecule has 0 heterocycles. The van der Waals surface area contributed by atoms with E-state index in [1.165, 1.54) is 36.4 Å². The van der Waals surface area contributed by atoms with Crippen LogP contribution in [0.5, 0.6) is 5.75 Å². The normalized spacial score (nSPS) is 13.5. The van der Waals surface area contributed by atoms with Crippen LogP contribution in [0, 0.1) is 0 Å². The van der Waals surface area contributed by atoms with Crippen molar-refractivity contribution in [3.63, 3.8) is 0 Å². The molecule has 19 heavy (non-hydrogen) atoms. The van der Waals surface area contributed by atoms with Gasteiger partial charge in [-0.1, -0.05) is 30.3 Å². The number of carboxylic acids is 1. The van der Waals surface area contributed by atoms with Gasteiger partial charge in [0.25, 0.3) is 0 Å². The van der Waals surface area contributed by atoms with E-state index < -0.39 is 13.6 Å². The van der Waals surface area contributed by atoms with Crippen molar-refractivity contribution >= 4 is 18.9 Å². The standard InChI is InChI=1S/C13H11O5P/c14-13(15)11-8-4-5-9-12(11)19(16,17)18-10-6-2-1-3-7-10/h1-9H,(H,14,15)(H,16,17). The fourth-order valence-electron chi connectivity index (χ4n) is 1.57. The Morgan fingerprint density at radius 1 is 1.00 bits per heavy atom. The van der Waals surface area contributed by atoms with Crippen molar-refractivity contribution < 1.29 is 23.9 Å². The molecule has 2 rings (SSSR count). The Morgan fingerprint density at radius 3 is 2.21 bits per heavy atom. The maximum Gasteiger partial charge on any atom is 0.409 e. The van der Waals surface area contributed by atoms with E-state index in [4.69, 9.17) is 9.63 Å². The van der Waals surface area contributed by atoms with Crippen molar-refractivity contribution in [2.24, 2.45) is 0 Å². The van der Waals surface area contributed by atoms with E-state index in [0.29, 0.717) is 0 Å². The minimum absolute atomic E-state index is 0.202. The number of carboxylic acid groups (broad SMARTS) is 1. The van der Waals surface area contributed by atoms with E-state index in [9.17, 15) is 14.3 Å². The molecule has 0 spiro atoms. The van der Waals surface area contributed by atoms with Gasteiger partial charge in [0.05, 0.1) is 10.9 Å². The van der Waals surface area contributed by atoms with Gasteiger partial charge in [0.2, 0.25) is 0 Å². The third-order valence-electron chi connectivity index (χ3n) is 2.41. The molecule has 1 atom stereocenters. The van der Waals surface area contributed by atoms with Crippen molar-refractivity contribution in [1.29, 1.82) is 0 Å². The van der Waals surface area contributed by atoms with Gasteiger partial charge in [-0.2, -0.15) is 0 Å². The minimum atomic E-state index is -4.24. The van der Waals surface area contributed by atoms with E-state index in [1.54, 1.807) is 18.2 Å². The van der Waals surface area contributed by atoms with Crippen LogP contribution in [0.1, 0.15) is 10.4 Å². The monoisotopic (exact) mass is 278 g/mol. The zero-order chi connectivity index (χ0) is 13.9. The van der Waals surface area contributed by atoms with Gasteiger partial charge in [-0.3, -0.25) is 0 Å². The Labute approximate surface area is 109 Å². The lowest BCUT2D eigenvalue weighted by molar-refractivity contribution is 0.0698. The zero-order valence-corrected chi connectivity index (χ0v) is 10.7. The number of carbonyl (C=O) groups is 1. The molecule has 0 radical (unpaired) electrons. The Hall–Kier alpha value is -2.10. The molecule has 0 aliphatic rings. The third kappa shape index (κ3) is 3.02. The van der Waals surface area contributed by atoms with Crippen LogP contribution in [-0.4, -0.2) is 16.0 Å². The van der Waals surface area contributed by atoms with E-state index in [0.717, 1.165) is 0 Å². The van der Waals surface area contributed by atoms with Crippen LogP contribution in [0.4, 0.5) is 0 Å². The van der Waals surface area contributed by atoms with Gasteiger partial charge < -0.3 is 14.5 Å². The molecule has 6 heteroatoms. The van der Waals surface area contributed by atoms with Gasteiger partial charge in [0.1, 0.15) is 5.75 Å². The van der Waals surface area contributed by atoms with E-state index >= 15 is 0 Å². The second-order valence-corrected chi connectivity index (χ2v) is 5.45. The van der Waals surface area contributed by atoms with Crippen LogP contribution in [0.15, 0.2) is 54.6 Å². The highest BCUT2D eigenvalue weighted by atomic mass is 31.2. The van der Waals surface area contributed by atoms with Gasteiger partial charge in [0, 0.05) is 0 Å². The summed E-state index contributed by atoms with van der Waals surface area (Å²) in [6.45, 7) is 0. The number of benzene rings is 2. The molecule has 2 aromatic carbocycles. The van der Waals surface area contributed by atoms with Crippen LogP contribution in [0.2, 0.25) is 0 Å². The summed E-state index contributed by atoms with van der Waals surface area (Å²) in [5.74, 6) is -1.07. The van der Waals surface area contributed by atoms with Crippen LogP contribution in [0.25, 0.3) is 0 Å². The lowest BCUT2D eigenvalue weighted by Gasteiger charge is -2.15. The van der Waals surface area contributed by atoms with Gasteiger partial charge in [-0.05, 0) is 24.3 Å². The first kappa shape index (κ1) is 13.3. The molecule has 0 amide bonds. The molecule has 0 aliphatic carbocycles. The Morgan fingerprint density at radius 2 is 1.58 bits per heavy atom. The second kappa shape index (κ2) is 5.26. The largest absolute Gasteiger partial charge is 0.478 e. The fraction of sp³-hybridized carbons (Fsp3) is 0. The summed E-state index contributed by atoms with van der Waals surface area (Å²) in [7, 11) is -4.24.